The van der Waals surface area contributed by atoms with Crippen LogP contribution in [0.2, 0.25) is 0 Å². The van der Waals surface area contributed by atoms with Crippen LogP contribution in [0.15, 0.2) is 36.5 Å². The predicted molar refractivity (Wildman–Crippen MR) is 234 cm³/mol. The molecule has 1 saturated carbocycles. The first-order chi connectivity index (χ1) is 23.8. The molecule has 1 aliphatic carbocycles. The zero-order valence-corrected chi connectivity index (χ0v) is 37.9. The van der Waals surface area contributed by atoms with E-state index in [1.807, 2.05) is 0 Å². The molecule has 0 nitrogen and oxygen atoms in total. The van der Waals surface area contributed by atoms with Gasteiger partial charge in [0.15, 0.2) is 0 Å². The van der Waals surface area contributed by atoms with Crippen molar-refractivity contribution in [2.24, 2.45) is 88.8 Å². The Morgan fingerprint density at radius 1 is 0.314 bits per heavy atom. The summed E-state index contributed by atoms with van der Waals surface area (Å²) in [4.78, 5) is 0. The third-order valence-electron chi connectivity index (χ3n) is 13.0. The summed E-state index contributed by atoms with van der Waals surface area (Å²) in [7, 11) is 0. The fourth-order valence-corrected chi connectivity index (χ4v) is 10.9. The monoisotopic (exact) mass is 709 g/mol. The van der Waals surface area contributed by atoms with Crippen LogP contribution in [0.1, 0.15) is 200 Å². The first-order valence-corrected chi connectivity index (χ1v) is 22.9. The van der Waals surface area contributed by atoms with Crippen LogP contribution in [0.25, 0.3) is 0 Å². The first kappa shape index (κ1) is 48.2. The zero-order valence-electron chi connectivity index (χ0n) is 37.9. The van der Waals surface area contributed by atoms with Crippen molar-refractivity contribution in [2.45, 2.75) is 200 Å². The van der Waals surface area contributed by atoms with E-state index < -0.39 is 0 Å². The minimum absolute atomic E-state index is 0.438. The van der Waals surface area contributed by atoms with Crippen LogP contribution in [0.3, 0.4) is 0 Å². The zero-order chi connectivity index (χ0) is 39.0. The summed E-state index contributed by atoms with van der Waals surface area (Å²) in [6, 6.07) is 0. The molecular weight excluding hydrogens is 613 g/mol. The van der Waals surface area contributed by atoms with Crippen LogP contribution in [-0.2, 0) is 0 Å². The van der Waals surface area contributed by atoms with Crippen molar-refractivity contribution in [3.05, 3.63) is 36.5 Å². The summed E-state index contributed by atoms with van der Waals surface area (Å²) in [5.41, 5.74) is 4.45. The third kappa shape index (κ3) is 18.4. The van der Waals surface area contributed by atoms with Crippen LogP contribution in [-0.4, -0.2) is 0 Å². The predicted octanol–water partition coefficient (Wildman–Crippen LogP) is 17.1. The van der Waals surface area contributed by atoms with Gasteiger partial charge in [0, 0.05) is 17.8 Å². The normalized spacial score (nSPS) is 20.9. The molecule has 0 aliphatic heterocycles. The van der Waals surface area contributed by atoms with Gasteiger partial charge in [-0.05, 0) is 148 Å². The van der Waals surface area contributed by atoms with Crippen LogP contribution in [0.5, 0.6) is 0 Å². The highest BCUT2D eigenvalue weighted by Gasteiger charge is 2.40. The van der Waals surface area contributed by atoms with Gasteiger partial charge in [0.2, 0.25) is 0 Å². The van der Waals surface area contributed by atoms with E-state index in [1.165, 1.54) is 113 Å². The standard InChI is InChI=1S/C51H96/c1-19-43(28-46(22-34(4)5)23-35(6)7)31-49-40(16)50(32-44(20-2)29-47(24-36(8)9)25-37(10)11)42(18)51(41(49)17)33-45(21-3)30-48(26-38(12)13)27-39(14)15/h34-39,43-51H,16-33H2,1-15H3. The molecule has 1 rings (SSSR count). The molecule has 0 aromatic carbocycles. The third-order valence-corrected chi connectivity index (χ3v) is 13.0. The van der Waals surface area contributed by atoms with Crippen molar-refractivity contribution in [3.63, 3.8) is 0 Å². The lowest BCUT2D eigenvalue weighted by molar-refractivity contribution is 0.223. The average Bonchev–Trinajstić information content (AvgIpc) is 2.99. The van der Waals surface area contributed by atoms with E-state index in [0.29, 0.717) is 17.8 Å². The Morgan fingerprint density at radius 3 is 0.627 bits per heavy atom. The summed E-state index contributed by atoms with van der Waals surface area (Å²) < 4.78 is 0. The van der Waals surface area contributed by atoms with Crippen molar-refractivity contribution in [2.75, 3.05) is 0 Å². The van der Waals surface area contributed by atoms with Gasteiger partial charge in [0.1, 0.15) is 0 Å². The molecule has 0 amide bonds. The Morgan fingerprint density at radius 2 is 0.490 bits per heavy atom. The van der Waals surface area contributed by atoms with Crippen molar-refractivity contribution < 1.29 is 0 Å². The molecule has 0 heterocycles. The highest BCUT2D eigenvalue weighted by Crippen LogP contribution is 2.52. The molecule has 0 aromatic rings. The lowest BCUT2D eigenvalue weighted by atomic mass is 9.60. The second-order valence-electron chi connectivity index (χ2n) is 21.0. The smallest absolute Gasteiger partial charge is 0.00162 e. The molecule has 0 radical (unpaired) electrons. The lowest BCUT2D eigenvalue weighted by Crippen LogP contribution is -2.34. The summed E-state index contributed by atoms with van der Waals surface area (Å²) in [5, 5.41) is 0. The van der Waals surface area contributed by atoms with E-state index >= 15 is 0 Å². The maximum absolute atomic E-state index is 5.03. The number of hydrogen-bond acceptors (Lipinski definition) is 0. The maximum Gasteiger partial charge on any atom is 0.00162 e. The van der Waals surface area contributed by atoms with E-state index in [9.17, 15) is 0 Å². The minimum atomic E-state index is 0.438. The number of allylic oxidation sites excluding steroid dienone is 3. The van der Waals surface area contributed by atoms with Crippen molar-refractivity contribution >= 4 is 0 Å². The highest BCUT2D eigenvalue weighted by molar-refractivity contribution is 5.38. The van der Waals surface area contributed by atoms with E-state index in [-0.39, 0.29) is 0 Å². The van der Waals surface area contributed by atoms with E-state index in [2.05, 4.69) is 104 Å². The maximum atomic E-state index is 5.03. The minimum Gasteiger partial charge on any atom is -0.0986 e. The summed E-state index contributed by atoms with van der Waals surface area (Å²) in [6.45, 7) is 51.6. The van der Waals surface area contributed by atoms with Crippen molar-refractivity contribution in [1.29, 1.82) is 0 Å². The second-order valence-corrected chi connectivity index (χ2v) is 21.0. The van der Waals surface area contributed by atoms with E-state index in [1.54, 1.807) is 0 Å². The number of hydrogen-bond donors (Lipinski definition) is 0. The highest BCUT2D eigenvalue weighted by atomic mass is 14.4. The SMILES string of the molecule is C=C1C(CC(CC)CC(CC(C)C)CC(C)C)C(=C)C(CC(CC)CC(CC(C)C)CC(C)C)C(=C)C1CC(CC)CC(CC(C)C)CC(C)C. The molecule has 0 aromatic heterocycles. The Kier molecular flexibility index (Phi) is 23.3. The summed E-state index contributed by atoms with van der Waals surface area (Å²) in [5.74, 6) is 10.6. The molecule has 300 valence electrons. The van der Waals surface area contributed by atoms with Gasteiger partial charge in [-0.3, -0.25) is 0 Å². The number of rotatable bonds is 27. The second kappa shape index (κ2) is 24.6. The lowest BCUT2D eigenvalue weighted by Gasteiger charge is -2.45. The van der Waals surface area contributed by atoms with Gasteiger partial charge >= 0.3 is 0 Å². The van der Waals surface area contributed by atoms with E-state index in [0.717, 1.165) is 71.0 Å². The van der Waals surface area contributed by atoms with Crippen LogP contribution < -0.4 is 0 Å². The van der Waals surface area contributed by atoms with Crippen molar-refractivity contribution in [1.82, 2.24) is 0 Å². The van der Waals surface area contributed by atoms with Crippen LogP contribution >= 0.6 is 0 Å². The van der Waals surface area contributed by atoms with E-state index in [4.69, 9.17) is 19.7 Å². The Hall–Kier alpha value is -0.780. The van der Waals surface area contributed by atoms with Gasteiger partial charge < -0.3 is 0 Å². The molecule has 0 saturated heterocycles. The van der Waals surface area contributed by atoms with Crippen molar-refractivity contribution in [3.8, 4) is 0 Å². The van der Waals surface area contributed by atoms with Gasteiger partial charge in [0.05, 0.1) is 0 Å². The average molecular weight is 709 g/mol. The molecular formula is C51H96. The van der Waals surface area contributed by atoms with Gasteiger partial charge in [-0.25, -0.2) is 0 Å². The Balaban J connectivity index is 3.51. The van der Waals surface area contributed by atoms with Gasteiger partial charge in [0.25, 0.3) is 0 Å². The molecule has 0 spiro atoms. The molecule has 0 heteroatoms. The molecule has 0 N–H and O–H groups in total. The summed E-state index contributed by atoms with van der Waals surface area (Å²) in [6.07, 6.45) is 19.8. The molecule has 1 fully saturated rings. The van der Waals surface area contributed by atoms with Crippen LogP contribution in [0, 0.1) is 88.8 Å². The fraction of sp³-hybridized carbons (Fsp3) is 0.882. The molecule has 51 heavy (non-hydrogen) atoms. The first-order valence-electron chi connectivity index (χ1n) is 22.9. The Labute approximate surface area is 324 Å². The fourth-order valence-electron chi connectivity index (χ4n) is 10.9. The molecule has 3 atom stereocenters. The largest absolute Gasteiger partial charge is 0.0986 e. The molecule has 3 unspecified atom stereocenters. The van der Waals surface area contributed by atoms with Gasteiger partial charge in [-0.15, -0.1) is 0 Å². The van der Waals surface area contributed by atoms with Gasteiger partial charge in [-0.2, -0.15) is 0 Å². The quantitative estimate of drug-likeness (QED) is 0.0745. The van der Waals surface area contributed by atoms with Crippen LogP contribution in [0.4, 0.5) is 0 Å². The Bertz CT molecular complexity index is 785. The molecule has 1 aliphatic rings. The van der Waals surface area contributed by atoms with Gasteiger partial charge in [-0.1, -0.05) is 160 Å². The topological polar surface area (TPSA) is 0 Å². The molecule has 0 bridgehead atoms. The summed E-state index contributed by atoms with van der Waals surface area (Å²) >= 11 is 0.